The molecule has 0 bridgehead atoms. The summed E-state index contributed by atoms with van der Waals surface area (Å²) >= 11 is 1.97. The van der Waals surface area contributed by atoms with Gasteiger partial charge < -0.3 is 15.4 Å². The van der Waals surface area contributed by atoms with Crippen molar-refractivity contribution in [3.63, 3.8) is 0 Å². The minimum absolute atomic E-state index is 0.0186. The van der Waals surface area contributed by atoms with E-state index in [9.17, 15) is 4.79 Å². The molecule has 2 N–H and O–H groups in total. The largest absolute Gasteiger partial charge is 0.374 e. The Balaban J connectivity index is 1.42. The first kappa shape index (κ1) is 15.5. The Morgan fingerprint density at radius 1 is 1.38 bits per heavy atom. The topological polar surface area (TPSA) is 50.4 Å². The molecule has 0 aromatic carbocycles. The van der Waals surface area contributed by atoms with Crippen LogP contribution in [0.2, 0.25) is 0 Å². The summed E-state index contributed by atoms with van der Waals surface area (Å²) in [5.41, 5.74) is 0.464. The number of amides is 2. The molecule has 3 rings (SSSR count). The molecule has 1 saturated carbocycles. The highest BCUT2D eigenvalue weighted by atomic mass is 32.2. The van der Waals surface area contributed by atoms with Crippen molar-refractivity contribution >= 4 is 17.8 Å². The van der Waals surface area contributed by atoms with Gasteiger partial charge in [0.1, 0.15) is 0 Å². The molecule has 5 heteroatoms. The second-order valence-corrected chi connectivity index (χ2v) is 8.21. The van der Waals surface area contributed by atoms with Crippen molar-refractivity contribution in [2.24, 2.45) is 5.41 Å². The Morgan fingerprint density at radius 2 is 2.24 bits per heavy atom. The summed E-state index contributed by atoms with van der Waals surface area (Å²) < 4.78 is 6.00. The number of ether oxygens (including phenoxy) is 1. The number of rotatable bonds is 5. The van der Waals surface area contributed by atoms with Crippen molar-refractivity contribution in [3.05, 3.63) is 0 Å². The molecule has 0 aromatic rings. The number of thioether (sulfide) groups is 1. The van der Waals surface area contributed by atoms with Gasteiger partial charge in [-0.15, -0.1) is 0 Å². The van der Waals surface area contributed by atoms with Gasteiger partial charge in [-0.3, -0.25) is 0 Å². The zero-order chi connectivity index (χ0) is 14.8. The summed E-state index contributed by atoms with van der Waals surface area (Å²) in [7, 11) is 0. The maximum Gasteiger partial charge on any atom is 0.315 e. The van der Waals surface area contributed by atoms with Gasteiger partial charge in [0.25, 0.3) is 0 Å². The van der Waals surface area contributed by atoms with E-state index in [1.807, 2.05) is 11.8 Å². The number of hydrogen-bond donors (Lipinski definition) is 2. The van der Waals surface area contributed by atoms with E-state index in [1.165, 1.54) is 31.4 Å². The molecule has 2 saturated heterocycles. The van der Waals surface area contributed by atoms with Gasteiger partial charge in [-0.05, 0) is 49.7 Å². The van der Waals surface area contributed by atoms with Gasteiger partial charge in [-0.25, -0.2) is 4.79 Å². The summed E-state index contributed by atoms with van der Waals surface area (Å²) in [5.74, 6) is 2.28. The zero-order valence-corrected chi connectivity index (χ0v) is 13.9. The monoisotopic (exact) mass is 312 g/mol. The first-order valence-electron chi connectivity index (χ1n) is 8.41. The van der Waals surface area contributed by atoms with Crippen molar-refractivity contribution in [2.75, 3.05) is 24.7 Å². The average molecular weight is 312 g/mol. The fourth-order valence-electron chi connectivity index (χ4n) is 3.74. The molecule has 3 aliphatic rings. The van der Waals surface area contributed by atoms with Crippen molar-refractivity contribution in [1.82, 2.24) is 10.6 Å². The molecule has 4 nitrogen and oxygen atoms in total. The van der Waals surface area contributed by atoms with E-state index in [4.69, 9.17) is 4.74 Å². The maximum atomic E-state index is 12.1. The van der Waals surface area contributed by atoms with E-state index < -0.39 is 0 Å². The predicted molar refractivity (Wildman–Crippen MR) is 86.8 cm³/mol. The fourth-order valence-corrected chi connectivity index (χ4v) is 5.12. The SMILES string of the molecule is CCCC1(CNC(=O)N[C@H]2CCO[C@]3(CCSC3)C2)CC1. The molecular weight excluding hydrogens is 284 g/mol. The molecule has 0 radical (unpaired) electrons. The quantitative estimate of drug-likeness (QED) is 0.820. The number of hydrogen-bond acceptors (Lipinski definition) is 3. The molecule has 2 amide bonds. The Bertz CT molecular complexity index is 378. The minimum atomic E-state index is 0.0186. The molecule has 0 aromatic heterocycles. The number of carbonyl (C=O) groups is 1. The molecule has 1 aliphatic carbocycles. The molecule has 3 fully saturated rings. The molecular formula is C16H28N2O2S. The lowest BCUT2D eigenvalue weighted by molar-refractivity contribution is -0.0684. The lowest BCUT2D eigenvalue weighted by atomic mass is 9.90. The van der Waals surface area contributed by atoms with Gasteiger partial charge >= 0.3 is 6.03 Å². The highest BCUT2D eigenvalue weighted by Gasteiger charge is 2.42. The van der Waals surface area contributed by atoms with Crippen molar-refractivity contribution in [2.45, 2.75) is 63.5 Å². The van der Waals surface area contributed by atoms with Crippen LogP contribution in [0.25, 0.3) is 0 Å². The average Bonchev–Trinajstić information content (AvgIpc) is 3.10. The van der Waals surface area contributed by atoms with Crippen molar-refractivity contribution in [3.8, 4) is 0 Å². The van der Waals surface area contributed by atoms with Gasteiger partial charge in [0, 0.05) is 24.9 Å². The third-order valence-electron chi connectivity index (χ3n) is 5.26. The first-order valence-corrected chi connectivity index (χ1v) is 9.57. The molecule has 21 heavy (non-hydrogen) atoms. The zero-order valence-electron chi connectivity index (χ0n) is 13.1. The third-order valence-corrected chi connectivity index (χ3v) is 6.48. The number of nitrogens with one attached hydrogen (secondary N) is 2. The van der Waals surface area contributed by atoms with E-state index in [-0.39, 0.29) is 17.7 Å². The molecule has 120 valence electrons. The predicted octanol–water partition coefficient (Wildman–Crippen LogP) is 2.92. The van der Waals surface area contributed by atoms with Crippen LogP contribution in [0.1, 0.15) is 51.9 Å². The van der Waals surface area contributed by atoms with Crippen LogP contribution in [-0.4, -0.2) is 42.3 Å². The molecule has 0 unspecified atom stereocenters. The third kappa shape index (κ3) is 3.86. The Kier molecular flexibility index (Phi) is 4.69. The van der Waals surface area contributed by atoms with E-state index >= 15 is 0 Å². The second kappa shape index (κ2) is 6.37. The van der Waals surface area contributed by atoms with E-state index in [2.05, 4.69) is 17.6 Å². The molecule has 2 aliphatic heterocycles. The molecule has 1 spiro atoms. The smallest absolute Gasteiger partial charge is 0.315 e. The van der Waals surface area contributed by atoms with Crippen LogP contribution >= 0.6 is 11.8 Å². The van der Waals surface area contributed by atoms with Gasteiger partial charge in [0.15, 0.2) is 0 Å². The van der Waals surface area contributed by atoms with Crippen molar-refractivity contribution < 1.29 is 9.53 Å². The van der Waals surface area contributed by atoms with Crippen LogP contribution in [0.15, 0.2) is 0 Å². The lowest BCUT2D eigenvalue weighted by Crippen LogP contribution is -2.51. The van der Waals surface area contributed by atoms with E-state index in [0.29, 0.717) is 5.41 Å². The number of carbonyl (C=O) groups excluding carboxylic acids is 1. The van der Waals surface area contributed by atoms with Gasteiger partial charge in [-0.1, -0.05) is 13.3 Å². The maximum absolute atomic E-state index is 12.1. The van der Waals surface area contributed by atoms with Crippen LogP contribution in [-0.2, 0) is 4.74 Å². The fraction of sp³-hybridized carbons (Fsp3) is 0.938. The van der Waals surface area contributed by atoms with Crippen LogP contribution in [0, 0.1) is 5.41 Å². The highest BCUT2D eigenvalue weighted by molar-refractivity contribution is 7.99. The lowest BCUT2D eigenvalue weighted by Gasteiger charge is -2.38. The Morgan fingerprint density at radius 3 is 2.90 bits per heavy atom. The Hall–Kier alpha value is -0.420. The van der Waals surface area contributed by atoms with Crippen LogP contribution in [0.5, 0.6) is 0 Å². The highest BCUT2D eigenvalue weighted by Crippen LogP contribution is 2.48. The minimum Gasteiger partial charge on any atom is -0.374 e. The first-order chi connectivity index (χ1) is 10.2. The normalized spacial score (nSPS) is 33.9. The van der Waals surface area contributed by atoms with Crippen LogP contribution in [0.4, 0.5) is 4.79 Å². The number of urea groups is 1. The van der Waals surface area contributed by atoms with E-state index in [1.54, 1.807) is 0 Å². The Labute approximate surface area is 132 Å². The summed E-state index contributed by atoms with van der Waals surface area (Å²) in [4.78, 5) is 12.1. The second-order valence-electron chi connectivity index (χ2n) is 7.10. The van der Waals surface area contributed by atoms with Crippen LogP contribution in [0.3, 0.4) is 0 Å². The van der Waals surface area contributed by atoms with Crippen LogP contribution < -0.4 is 10.6 Å². The summed E-state index contributed by atoms with van der Waals surface area (Å²) in [6.45, 7) is 3.85. The molecule has 2 heterocycles. The van der Waals surface area contributed by atoms with Gasteiger partial charge in [0.05, 0.1) is 5.60 Å². The van der Waals surface area contributed by atoms with E-state index in [0.717, 1.165) is 38.2 Å². The van der Waals surface area contributed by atoms with Crippen molar-refractivity contribution in [1.29, 1.82) is 0 Å². The van der Waals surface area contributed by atoms with Gasteiger partial charge in [0.2, 0.25) is 0 Å². The standard InChI is InChI=1S/C16H28N2O2S/c1-2-4-15(5-6-15)11-17-14(19)18-13-3-8-20-16(10-13)7-9-21-12-16/h13H,2-12H2,1H3,(H2,17,18,19)/t13-,16+/m0/s1. The summed E-state index contributed by atoms with van der Waals surface area (Å²) in [6.07, 6.45) is 8.07. The van der Waals surface area contributed by atoms with Gasteiger partial charge in [-0.2, -0.15) is 11.8 Å². The summed E-state index contributed by atoms with van der Waals surface area (Å²) in [6, 6.07) is 0.295. The molecule has 2 atom stereocenters. The summed E-state index contributed by atoms with van der Waals surface area (Å²) in [5, 5.41) is 6.27.